The molecule has 1 amide bonds. The maximum atomic E-state index is 12.5. The standard InChI is InChI=1S/C20H22N2O2/c1-14-16-9-8-15-6-2-3-7-17(15)19(16)24-18(14)20(23)21-10-13-22-11-4-5-12-22/h2-3,6-9H,4-5,10-13H2,1H3,(H,21,23)/p+1. The minimum atomic E-state index is -0.105. The molecule has 24 heavy (non-hydrogen) atoms. The van der Waals surface area contributed by atoms with Gasteiger partial charge in [0.15, 0.2) is 5.76 Å². The van der Waals surface area contributed by atoms with Gasteiger partial charge in [0.05, 0.1) is 26.2 Å². The maximum absolute atomic E-state index is 12.5. The first-order valence-corrected chi connectivity index (χ1v) is 8.76. The first-order chi connectivity index (χ1) is 11.7. The molecule has 124 valence electrons. The molecule has 2 aromatic carbocycles. The van der Waals surface area contributed by atoms with Crippen molar-refractivity contribution in [1.29, 1.82) is 0 Å². The lowest BCUT2D eigenvalue weighted by Gasteiger charge is -2.11. The molecule has 1 aliphatic rings. The monoisotopic (exact) mass is 323 g/mol. The van der Waals surface area contributed by atoms with Crippen molar-refractivity contribution in [1.82, 2.24) is 5.32 Å². The van der Waals surface area contributed by atoms with Crippen molar-refractivity contribution < 1.29 is 14.1 Å². The predicted molar refractivity (Wildman–Crippen MR) is 95.6 cm³/mol. The van der Waals surface area contributed by atoms with E-state index in [1.165, 1.54) is 25.9 Å². The second-order valence-corrected chi connectivity index (χ2v) is 6.68. The zero-order valence-electron chi connectivity index (χ0n) is 14.0. The molecule has 0 bridgehead atoms. The van der Waals surface area contributed by atoms with Gasteiger partial charge >= 0.3 is 0 Å². The number of amides is 1. The molecule has 4 rings (SSSR count). The Kier molecular flexibility index (Phi) is 3.98. The zero-order chi connectivity index (χ0) is 16.5. The fraction of sp³-hybridized carbons (Fsp3) is 0.350. The highest BCUT2D eigenvalue weighted by Crippen LogP contribution is 2.31. The highest BCUT2D eigenvalue weighted by molar-refractivity contribution is 6.08. The van der Waals surface area contributed by atoms with Crippen molar-refractivity contribution in [3.63, 3.8) is 0 Å². The Bertz CT molecular complexity index is 891. The Morgan fingerprint density at radius 3 is 2.75 bits per heavy atom. The van der Waals surface area contributed by atoms with E-state index in [-0.39, 0.29) is 5.91 Å². The van der Waals surface area contributed by atoms with Crippen LogP contribution in [0.1, 0.15) is 29.0 Å². The highest BCUT2D eigenvalue weighted by atomic mass is 16.3. The van der Waals surface area contributed by atoms with Crippen LogP contribution >= 0.6 is 0 Å². The molecule has 3 aromatic rings. The van der Waals surface area contributed by atoms with Crippen LogP contribution in [0.3, 0.4) is 0 Å². The number of quaternary nitrogens is 1. The summed E-state index contributed by atoms with van der Waals surface area (Å²) in [6, 6.07) is 12.2. The summed E-state index contributed by atoms with van der Waals surface area (Å²) >= 11 is 0. The molecule has 1 aromatic heterocycles. The number of hydrogen-bond acceptors (Lipinski definition) is 2. The summed E-state index contributed by atoms with van der Waals surface area (Å²) in [5, 5.41) is 6.22. The molecule has 0 unspecified atom stereocenters. The minimum Gasteiger partial charge on any atom is -0.450 e. The van der Waals surface area contributed by atoms with Crippen LogP contribution in [0.5, 0.6) is 0 Å². The van der Waals surface area contributed by atoms with Gasteiger partial charge < -0.3 is 14.6 Å². The SMILES string of the molecule is Cc1c(C(=O)NCC[NH+]2CCCC2)oc2c1ccc1ccccc12. The zero-order valence-corrected chi connectivity index (χ0v) is 14.0. The molecule has 1 saturated heterocycles. The predicted octanol–water partition coefficient (Wildman–Crippen LogP) is 2.30. The van der Waals surface area contributed by atoms with E-state index in [0.717, 1.165) is 33.8 Å². The number of carbonyl (C=O) groups excluding carboxylic acids is 1. The van der Waals surface area contributed by atoms with E-state index in [1.807, 2.05) is 31.2 Å². The minimum absolute atomic E-state index is 0.105. The summed E-state index contributed by atoms with van der Waals surface area (Å²) in [6.07, 6.45) is 2.61. The third-order valence-electron chi connectivity index (χ3n) is 5.11. The van der Waals surface area contributed by atoms with Gasteiger partial charge in [-0.2, -0.15) is 0 Å². The van der Waals surface area contributed by atoms with Gasteiger partial charge in [0.2, 0.25) is 0 Å². The van der Waals surface area contributed by atoms with Crippen molar-refractivity contribution >= 4 is 27.6 Å². The average Bonchev–Trinajstić information content (AvgIpc) is 3.23. The third kappa shape index (κ3) is 2.67. The van der Waals surface area contributed by atoms with E-state index in [9.17, 15) is 4.79 Å². The molecular formula is C20H23N2O2+. The largest absolute Gasteiger partial charge is 0.450 e. The number of rotatable bonds is 4. The van der Waals surface area contributed by atoms with E-state index in [4.69, 9.17) is 4.42 Å². The van der Waals surface area contributed by atoms with Crippen molar-refractivity contribution in [3.8, 4) is 0 Å². The van der Waals surface area contributed by atoms with Gasteiger partial charge in [0, 0.05) is 29.2 Å². The topological polar surface area (TPSA) is 46.7 Å². The molecule has 0 radical (unpaired) electrons. The molecule has 4 nitrogen and oxygen atoms in total. The lowest BCUT2D eigenvalue weighted by molar-refractivity contribution is -0.886. The number of hydrogen-bond donors (Lipinski definition) is 2. The third-order valence-corrected chi connectivity index (χ3v) is 5.11. The summed E-state index contributed by atoms with van der Waals surface area (Å²) in [6.45, 7) is 6.11. The normalized spacial score (nSPS) is 15.4. The Balaban J connectivity index is 1.58. The molecule has 0 saturated carbocycles. The molecule has 0 spiro atoms. The van der Waals surface area contributed by atoms with E-state index < -0.39 is 0 Å². The van der Waals surface area contributed by atoms with Gasteiger partial charge in [-0.25, -0.2) is 0 Å². The summed E-state index contributed by atoms with van der Waals surface area (Å²) in [4.78, 5) is 14.1. The smallest absolute Gasteiger partial charge is 0.287 e. The van der Waals surface area contributed by atoms with Gasteiger partial charge in [0.25, 0.3) is 5.91 Å². The van der Waals surface area contributed by atoms with Crippen LogP contribution in [0.15, 0.2) is 40.8 Å². The molecule has 2 heterocycles. The van der Waals surface area contributed by atoms with Crippen molar-refractivity contribution in [3.05, 3.63) is 47.7 Å². The molecule has 1 aliphatic heterocycles. The van der Waals surface area contributed by atoms with Crippen LogP contribution in [-0.4, -0.2) is 32.1 Å². The molecular weight excluding hydrogens is 300 g/mol. The van der Waals surface area contributed by atoms with Crippen molar-refractivity contribution in [2.24, 2.45) is 0 Å². The molecule has 0 aliphatic carbocycles. The number of likely N-dealkylation sites (tertiary alicyclic amines) is 1. The number of benzene rings is 2. The first kappa shape index (κ1) is 15.2. The number of nitrogens with one attached hydrogen (secondary N) is 2. The number of furan rings is 1. The maximum Gasteiger partial charge on any atom is 0.287 e. The van der Waals surface area contributed by atoms with Crippen LogP contribution in [0, 0.1) is 6.92 Å². The van der Waals surface area contributed by atoms with Crippen LogP contribution < -0.4 is 10.2 Å². The Hall–Kier alpha value is -2.33. The molecule has 4 heteroatoms. The van der Waals surface area contributed by atoms with Gasteiger partial charge in [-0.05, 0) is 12.3 Å². The van der Waals surface area contributed by atoms with E-state index >= 15 is 0 Å². The fourth-order valence-corrected chi connectivity index (χ4v) is 3.72. The van der Waals surface area contributed by atoms with Crippen LogP contribution in [-0.2, 0) is 0 Å². The van der Waals surface area contributed by atoms with Crippen LogP contribution in [0.25, 0.3) is 21.7 Å². The fourth-order valence-electron chi connectivity index (χ4n) is 3.72. The van der Waals surface area contributed by atoms with Crippen molar-refractivity contribution in [2.45, 2.75) is 19.8 Å². The van der Waals surface area contributed by atoms with Gasteiger partial charge in [-0.1, -0.05) is 36.4 Å². The van der Waals surface area contributed by atoms with Crippen molar-refractivity contribution in [2.75, 3.05) is 26.2 Å². The highest BCUT2D eigenvalue weighted by Gasteiger charge is 2.20. The number of fused-ring (bicyclic) bond motifs is 3. The van der Waals surface area contributed by atoms with E-state index in [1.54, 1.807) is 4.90 Å². The summed E-state index contributed by atoms with van der Waals surface area (Å²) < 4.78 is 5.98. The molecule has 0 atom stereocenters. The number of carbonyl (C=O) groups is 1. The van der Waals surface area contributed by atoms with Crippen LogP contribution in [0.4, 0.5) is 0 Å². The van der Waals surface area contributed by atoms with Gasteiger partial charge in [-0.3, -0.25) is 4.79 Å². The van der Waals surface area contributed by atoms with E-state index in [0.29, 0.717) is 12.3 Å². The van der Waals surface area contributed by atoms with Crippen LogP contribution in [0.2, 0.25) is 0 Å². The lowest BCUT2D eigenvalue weighted by Crippen LogP contribution is -3.10. The number of aryl methyl sites for hydroxylation is 1. The Labute approximate surface area is 141 Å². The summed E-state index contributed by atoms with van der Waals surface area (Å²) in [5.74, 6) is 0.337. The Morgan fingerprint density at radius 2 is 1.92 bits per heavy atom. The summed E-state index contributed by atoms with van der Waals surface area (Å²) in [7, 11) is 0. The lowest BCUT2D eigenvalue weighted by atomic mass is 10.1. The quantitative estimate of drug-likeness (QED) is 0.774. The Morgan fingerprint density at radius 1 is 1.12 bits per heavy atom. The average molecular weight is 323 g/mol. The first-order valence-electron chi connectivity index (χ1n) is 8.76. The molecule has 1 fully saturated rings. The van der Waals surface area contributed by atoms with E-state index in [2.05, 4.69) is 17.4 Å². The van der Waals surface area contributed by atoms with Gasteiger partial charge in [-0.15, -0.1) is 0 Å². The van der Waals surface area contributed by atoms with Gasteiger partial charge in [0.1, 0.15) is 5.58 Å². The molecule has 2 N–H and O–H groups in total. The summed E-state index contributed by atoms with van der Waals surface area (Å²) in [5.41, 5.74) is 1.72. The second kappa shape index (κ2) is 6.29. The second-order valence-electron chi connectivity index (χ2n) is 6.68.